The summed E-state index contributed by atoms with van der Waals surface area (Å²) in [7, 11) is -1.93. The Morgan fingerprint density at radius 2 is 1.62 bits per heavy atom. The Kier molecular flexibility index (Phi) is 4.59. The van der Waals surface area contributed by atoms with Crippen LogP contribution in [0.1, 0.15) is 56.1 Å². The first-order valence-corrected chi connectivity index (χ1v) is 11.4. The third kappa shape index (κ3) is 3.29. The summed E-state index contributed by atoms with van der Waals surface area (Å²) in [5.74, 6) is 3.33. The van der Waals surface area contributed by atoms with Crippen LogP contribution in [0, 0.1) is 37.0 Å². The number of aryl methyl sites for hydroxylation is 2. The van der Waals surface area contributed by atoms with Gasteiger partial charge in [-0.2, -0.15) is 0 Å². The molecule has 26 heavy (non-hydrogen) atoms. The highest BCUT2D eigenvalue weighted by Crippen LogP contribution is 2.61. The van der Waals surface area contributed by atoms with E-state index in [1.165, 1.54) is 38.5 Å². The molecule has 1 aromatic carbocycles. The fourth-order valence-electron chi connectivity index (χ4n) is 6.45. The lowest BCUT2D eigenvalue weighted by atomic mass is 9.49. The lowest BCUT2D eigenvalue weighted by Gasteiger charge is -2.57. The van der Waals surface area contributed by atoms with Gasteiger partial charge in [0, 0.05) is 12.6 Å². The van der Waals surface area contributed by atoms with Gasteiger partial charge in [-0.15, -0.1) is 0 Å². The van der Waals surface area contributed by atoms with Gasteiger partial charge in [-0.05, 0) is 93.1 Å². The number of hydrogen-bond donors (Lipinski definition) is 1. The fraction of sp³-hybridized carbons (Fsp3) is 0.714. The second-order valence-electron chi connectivity index (χ2n) is 9.15. The van der Waals surface area contributed by atoms with Crippen LogP contribution in [0.3, 0.4) is 0 Å². The molecule has 1 aromatic rings. The van der Waals surface area contributed by atoms with E-state index < -0.39 is 10.0 Å². The maximum absolute atomic E-state index is 12.9. The molecule has 5 heteroatoms. The van der Waals surface area contributed by atoms with Crippen LogP contribution in [0.15, 0.2) is 17.0 Å². The maximum Gasteiger partial charge on any atom is 0.240 e. The van der Waals surface area contributed by atoms with Crippen molar-refractivity contribution >= 4 is 10.0 Å². The first-order valence-electron chi connectivity index (χ1n) is 9.95. The maximum atomic E-state index is 12.9. The summed E-state index contributed by atoms with van der Waals surface area (Å²) >= 11 is 0. The standard InChI is InChI=1S/C21H31NO3S/c1-14-6-15(2)20(10-19(14)25-3)26(23,24)22-5-4-21-11-16-7-17(12-21)9-18(8-16)13-21/h6,10,16-18,22H,4-5,7-9,11-13H2,1-3H3. The summed E-state index contributed by atoms with van der Waals surface area (Å²) in [6.45, 7) is 4.33. The molecule has 0 spiro atoms. The zero-order valence-corrected chi connectivity index (χ0v) is 17.0. The Balaban J connectivity index is 1.45. The minimum absolute atomic E-state index is 0.338. The van der Waals surface area contributed by atoms with E-state index in [0.717, 1.165) is 35.3 Å². The van der Waals surface area contributed by atoms with Crippen LogP contribution in [-0.2, 0) is 10.0 Å². The molecule has 5 rings (SSSR count). The number of nitrogens with one attached hydrogen (secondary N) is 1. The van der Waals surface area contributed by atoms with Crippen LogP contribution in [0.4, 0.5) is 0 Å². The topological polar surface area (TPSA) is 55.4 Å². The number of rotatable bonds is 6. The van der Waals surface area contributed by atoms with Crippen LogP contribution < -0.4 is 9.46 Å². The summed E-state index contributed by atoms with van der Waals surface area (Å²) in [5.41, 5.74) is 2.13. The predicted octanol–water partition coefficient (Wildman–Crippen LogP) is 4.20. The fourth-order valence-corrected chi connectivity index (χ4v) is 7.72. The molecule has 4 bridgehead atoms. The van der Waals surface area contributed by atoms with Crippen molar-refractivity contribution in [3.8, 4) is 5.75 Å². The van der Waals surface area contributed by atoms with E-state index in [-0.39, 0.29) is 0 Å². The van der Waals surface area contributed by atoms with E-state index in [0.29, 0.717) is 22.6 Å². The lowest BCUT2D eigenvalue weighted by molar-refractivity contribution is -0.0561. The summed E-state index contributed by atoms with van der Waals surface area (Å²) < 4.78 is 33.9. The van der Waals surface area contributed by atoms with E-state index in [1.54, 1.807) is 13.2 Å². The smallest absolute Gasteiger partial charge is 0.240 e. The number of methoxy groups -OCH3 is 1. The predicted molar refractivity (Wildman–Crippen MR) is 103 cm³/mol. The number of sulfonamides is 1. The molecule has 4 aliphatic carbocycles. The summed E-state index contributed by atoms with van der Waals surface area (Å²) in [6.07, 6.45) is 9.21. The van der Waals surface area contributed by atoms with Crippen molar-refractivity contribution in [2.24, 2.45) is 23.2 Å². The molecule has 4 fully saturated rings. The van der Waals surface area contributed by atoms with Crippen molar-refractivity contribution in [2.75, 3.05) is 13.7 Å². The van der Waals surface area contributed by atoms with Gasteiger partial charge in [0.1, 0.15) is 5.75 Å². The number of ether oxygens (including phenoxy) is 1. The molecule has 0 amide bonds. The third-order valence-corrected chi connectivity index (χ3v) is 8.70. The molecule has 4 saturated carbocycles. The largest absolute Gasteiger partial charge is 0.496 e. The molecule has 4 aliphatic rings. The molecule has 144 valence electrons. The highest BCUT2D eigenvalue weighted by atomic mass is 32.2. The van der Waals surface area contributed by atoms with Crippen molar-refractivity contribution in [3.63, 3.8) is 0 Å². The number of benzene rings is 1. The van der Waals surface area contributed by atoms with Crippen molar-refractivity contribution < 1.29 is 13.2 Å². The highest BCUT2D eigenvalue weighted by Gasteiger charge is 2.50. The molecule has 0 heterocycles. The van der Waals surface area contributed by atoms with Crippen LogP contribution >= 0.6 is 0 Å². The van der Waals surface area contributed by atoms with Crippen LogP contribution in [-0.4, -0.2) is 22.1 Å². The molecular weight excluding hydrogens is 346 g/mol. The summed E-state index contributed by atoms with van der Waals surface area (Å²) in [6, 6.07) is 3.53. The second kappa shape index (κ2) is 6.52. The van der Waals surface area contributed by atoms with E-state index in [1.807, 2.05) is 19.9 Å². The van der Waals surface area contributed by atoms with Gasteiger partial charge < -0.3 is 4.74 Å². The van der Waals surface area contributed by atoms with Crippen LogP contribution in [0.25, 0.3) is 0 Å². The van der Waals surface area contributed by atoms with Gasteiger partial charge >= 0.3 is 0 Å². The van der Waals surface area contributed by atoms with Crippen molar-refractivity contribution in [1.29, 1.82) is 0 Å². The van der Waals surface area contributed by atoms with Gasteiger partial charge in [0.15, 0.2) is 0 Å². The van der Waals surface area contributed by atoms with Gasteiger partial charge in [-0.1, -0.05) is 6.07 Å². The Hall–Kier alpha value is -1.07. The van der Waals surface area contributed by atoms with Gasteiger partial charge in [0.2, 0.25) is 10.0 Å². The minimum Gasteiger partial charge on any atom is -0.496 e. The van der Waals surface area contributed by atoms with Crippen LogP contribution in [0.5, 0.6) is 5.75 Å². The average Bonchev–Trinajstić information content (AvgIpc) is 2.53. The van der Waals surface area contributed by atoms with E-state index in [4.69, 9.17) is 4.74 Å². The molecular formula is C21H31NO3S. The summed E-state index contributed by atoms with van der Waals surface area (Å²) in [5, 5.41) is 0. The quantitative estimate of drug-likeness (QED) is 0.808. The first-order chi connectivity index (χ1) is 12.3. The Morgan fingerprint density at radius 3 is 2.15 bits per heavy atom. The zero-order chi connectivity index (χ0) is 18.5. The third-order valence-electron chi connectivity index (χ3n) is 7.09. The molecule has 0 radical (unpaired) electrons. The van der Waals surface area contributed by atoms with Crippen molar-refractivity contribution in [3.05, 3.63) is 23.3 Å². The zero-order valence-electron chi connectivity index (χ0n) is 16.2. The van der Waals surface area contributed by atoms with Gasteiger partial charge in [-0.3, -0.25) is 0 Å². The molecule has 4 nitrogen and oxygen atoms in total. The molecule has 1 N–H and O–H groups in total. The molecule has 0 aromatic heterocycles. The highest BCUT2D eigenvalue weighted by molar-refractivity contribution is 7.89. The Labute approximate surface area is 157 Å². The SMILES string of the molecule is COc1cc(S(=O)(=O)NCCC23CC4CC(CC(C4)C2)C3)c(C)cc1C. The summed E-state index contributed by atoms with van der Waals surface area (Å²) in [4.78, 5) is 0.338. The molecule has 0 saturated heterocycles. The second-order valence-corrected chi connectivity index (χ2v) is 10.9. The van der Waals surface area contributed by atoms with Gasteiger partial charge in [-0.25, -0.2) is 13.1 Å². The molecule has 0 unspecified atom stereocenters. The van der Waals surface area contributed by atoms with Gasteiger partial charge in [0.25, 0.3) is 0 Å². The average molecular weight is 378 g/mol. The van der Waals surface area contributed by atoms with Crippen LogP contribution in [0.2, 0.25) is 0 Å². The Morgan fingerprint density at radius 1 is 1.04 bits per heavy atom. The molecule has 0 atom stereocenters. The molecule has 0 aliphatic heterocycles. The van der Waals surface area contributed by atoms with Crippen molar-refractivity contribution in [1.82, 2.24) is 4.72 Å². The number of hydrogen-bond acceptors (Lipinski definition) is 3. The Bertz CT molecular complexity index is 764. The monoisotopic (exact) mass is 377 g/mol. The first kappa shape index (κ1) is 18.3. The van der Waals surface area contributed by atoms with E-state index >= 15 is 0 Å². The van der Waals surface area contributed by atoms with Gasteiger partial charge in [0.05, 0.1) is 12.0 Å². The minimum atomic E-state index is -3.50. The lowest BCUT2D eigenvalue weighted by Crippen LogP contribution is -2.47. The van der Waals surface area contributed by atoms with Crippen molar-refractivity contribution in [2.45, 2.75) is 63.7 Å². The van der Waals surface area contributed by atoms with E-state index in [9.17, 15) is 8.42 Å². The normalized spacial score (nSPS) is 32.8. The van der Waals surface area contributed by atoms with E-state index in [2.05, 4.69) is 4.72 Å².